The summed E-state index contributed by atoms with van der Waals surface area (Å²) in [5.41, 5.74) is -0.358. The molecule has 0 aromatic heterocycles. The zero-order chi connectivity index (χ0) is 30.2. The average Bonchev–Trinajstić information content (AvgIpc) is 3.38. The van der Waals surface area contributed by atoms with Crippen LogP contribution in [0.3, 0.4) is 0 Å². The SMILES string of the molecule is C=C(C)[C@@H]1CC[C@]2(C(=O)OCCCBr)CC[C@]3(C)[C@H](C[C@@H](O)[C@@H]4[C@@]5(C)C(CC(=O)OC)OC(C)(C)C5CC[C@]43C)[C@@H]12. The predicted octanol–water partition coefficient (Wildman–Crippen LogP) is 6.86. The number of hydrogen-bond donors (Lipinski definition) is 1. The fourth-order valence-electron chi connectivity index (χ4n) is 11.8. The fourth-order valence-corrected chi connectivity index (χ4v) is 12.1. The molecule has 7 heteroatoms. The van der Waals surface area contributed by atoms with Gasteiger partial charge in [-0.05, 0) is 113 Å². The molecule has 2 unspecified atom stereocenters. The number of carbonyl (C=O) groups excluding carboxylic acids is 2. The molecular formula is C34H53BrO6. The van der Waals surface area contributed by atoms with Gasteiger partial charge in [-0.25, -0.2) is 0 Å². The van der Waals surface area contributed by atoms with Gasteiger partial charge in [0, 0.05) is 10.7 Å². The van der Waals surface area contributed by atoms with Crippen LogP contribution >= 0.6 is 15.9 Å². The Morgan fingerprint density at radius 1 is 1.05 bits per heavy atom. The minimum atomic E-state index is -0.546. The first-order valence-corrected chi connectivity index (χ1v) is 17.1. The van der Waals surface area contributed by atoms with Crippen molar-refractivity contribution in [2.45, 2.75) is 117 Å². The maximum absolute atomic E-state index is 13.9. The predicted molar refractivity (Wildman–Crippen MR) is 162 cm³/mol. The van der Waals surface area contributed by atoms with Crippen molar-refractivity contribution in [2.24, 2.45) is 51.2 Å². The topological polar surface area (TPSA) is 82.1 Å². The van der Waals surface area contributed by atoms with Gasteiger partial charge in [-0.1, -0.05) is 48.9 Å². The first-order valence-electron chi connectivity index (χ1n) is 16.0. The summed E-state index contributed by atoms with van der Waals surface area (Å²) in [6.45, 7) is 18.4. The standard InChI is InChI=1S/C34H53BrO6/c1-20(2)21-10-13-34(29(38)40-17-9-16-35)15-14-31(5)22(27(21)34)18-23(36)28-32(31,6)12-11-24-30(3,4)41-25(33(24,28)7)19-26(37)39-8/h21-25,27-28,36H,1,9-19H2,2-8H3/t21-,22+,23+,24?,25?,27+,28-,31+,32+,33+,34-/m0/s1. The molecular weight excluding hydrogens is 584 g/mol. The Balaban J connectivity index is 1.57. The lowest BCUT2D eigenvalue weighted by Gasteiger charge is -2.71. The molecule has 5 rings (SSSR count). The number of hydrogen-bond acceptors (Lipinski definition) is 6. The van der Waals surface area contributed by atoms with Crippen LogP contribution in [-0.2, 0) is 23.8 Å². The molecule has 41 heavy (non-hydrogen) atoms. The van der Waals surface area contributed by atoms with Crippen molar-refractivity contribution in [3.63, 3.8) is 0 Å². The molecule has 232 valence electrons. The van der Waals surface area contributed by atoms with Crippen LogP contribution < -0.4 is 0 Å². The number of alkyl halides is 1. The Morgan fingerprint density at radius 2 is 1.76 bits per heavy atom. The van der Waals surface area contributed by atoms with Gasteiger partial charge in [0.25, 0.3) is 0 Å². The van der Waals surface area contributed by atoms with Crippen molar-refractivity contribution < 1.29 is 28.9 Å². The third-order valence-electron chi connectivity index (χ3n) is 13.7. The van der Waals surface area contributed by atoms with E-state index in [4.69, 9.17) is 14.2 Å². The maximum Gasteiger partial charge on any atom is 0.312 e. The minimum Gasteiger partial charge on any atom is -0.469 e. The van der Waals surface area contributed by atoms with E-state index in [1.54, 1.807) is 0 Å². The number of aliphatic hydroxyl groups is 1. The molecule has 0 amide bonds. The van der Waals surface area contributed by atoms with Crippen LogP contribution in [0.25, 0.3) is 0 Å². The zero-order valence-corrected chi connectivity index (χ0v) is 28.0. The Hall–Kier alpha value is -0.920. The number of aliphatic hydroxyl groups excluding tert-OH is 1. The van der Waals surface area contributed by atoms with Crippen molar-refractivity contribution in [3.05, 3.63) is 12.2 Å². The fraction of sp³-hybridized carbons (Fsp3) is 0.882. The first kappa shape index (κ1) is 31.5. The summed E-state index contributed by atoms with van der Waals surface area (Å²) in [5.74, 6) is 0.490. The monoisotopic (exact) mass is 636 g/mol. The quantitative estimate of drug-likeness (QED) is 0.142. The van der Waals surface area contributed by atoms with Gasteiger partial charge in [0.05, 0.1) is 43.4 Å². The van der Waals surface area contributed by atoms with Gasteiger partial charge < -0.3 is 19.3 Å². The highest BCUT2D eigenvalue weighted by atomic mass is 79.9. The molecule has 4 aliphatic carbocycles. The highest BCUT2D eigenvalue weighted by molar-refractivity contribution is 9.09. The van der Waals surface area contributed by atoms with Gasteiger partial charge in [-0.2, -0.15) is 0 Å². The van der Waals surface area contributed by atoms with Gasteiger partial charge in [0.1, 0.15) is 0 Å². The second-order valence-corrected chi connectivity index (χ2v) is 16.3. The summed E-state index contributed by atoms with van der Waals surface area (Å²) in [4.78, 5) is 26.5. The highest BCUT2D eigenvalue weighted by Gasteiger charge is 2.76. The van der Waals surface area contributed by atoms with Crippen molar-refractivity contribution in [3.8, 4) is 0 Å². The molecule has 1 aliphatic heterocycles. The van der Waals surface area contributed by atoms with E-state index >= 15 is 0 Å². The van der Waals surface area contributed by atoms with E-state index in [0.717, 1.165) is 55.8 Å². The lowest BCUT2D eigenvalue weighted by molar-refractivity contribution is -0.255. The van der Waals surface area contributed by atoms with Crippen LogP contribution in [0, 0.1) is 51.2 Å². The van der Waals surface area contributed by atoms with E-state index in [1.807, 2.05) is 0 Å². The average molecular weight is 638 g/mol. The lowest BCUT2D eigenvalue weighted by atomic mass is 9.33. The molecule has 0 bridgehead atoms. The number of methoxy groups -OCH3 is 1. The van der Waals surface area contributed by atoms with Crippen LogP contribution in [-0.4, -0.2) is 53.9 Å². The molecule has 1 heterocycles. The molecule has 0 spiro atoms. The second-order valence-electron chi connectivity index (χ2n) is 15.5. The van der Waals surface area contributed by atoms with Crippen LogP contribution in [0.1, 0.15) is 99.3 Å². The van der Waals surface area contributed by atoms with Gasteiger partial charge in [-0.3, -0.25) is 9.59 Å². The largest absolute Gasteiger partial charge is 0.469 e. The first-order chi connectivity index (χ1) is 19.1. The second kappa shape index (κ2) is 10.6. The lowest BCUT2D eigenvalue weighted by Crippen LogP contribution is -2.69. The number of allylic oxidation sites excluding steroid dienone is 1. The van der Waals surface area contributed by atoms with Gasteiger partial charge >= 0.3 is 11.9 Å². The molecule has 1 saturated heterocycles. The minimum absolute atomic E-state index is 0.0190. The van der Waals surface area contributed by atoms with Crippen LogP contribution in [0.2, 0.25) is 0 Å². The molecule has 4 saturated carbocycles. The van der Waals surface area contributed by atoms with E-state index in [9.17, 15) is 14.7 Å². The summed E-state index contributed by atoms with van der Waals surface area (Å²) in [6, 6.07) is 0. The Morgan fingerprint density at radius 3 is 2.39 bits per heavy atom. The smallest absolute Gasteiger partial charge is 0.312 e. The third kappa shape index (κ3) is 4.35. The van der Waals surface area contributed by atoms with Crippen LogP contribution in [0.15, 0.2) is 12.2 Å². The van der Waals surface area contributed by atoms with Gasteiger partial charge in [0.15, 0.2) is 0 Å². The van der Waals surface area contributed by atoms with E-state index in [-0.39, 0.29) is 75.9 Å². The summed E-state index contributed by atoms with van der Waals surface area (Å²) in [7, 11) is 1.44. The summed E-state index contributed by atoms with van der Waals surface area (Å²) < 4.78 is 17.8. The molecule has 0 aromatic rings. The number of fused-ring (bicyclic) bond motifs is 7. The Kier molecular flexibility index (Phi) is 8.15. The van der Waals surface area contributed by atoms with Crippen molar-refractivity contribution in [1.29, 1.82) is 0 Å². The molecule has 5 fully saturated rings. The molecule has 6 nitrogen and oxygen atoms in total. The van der Waals surface area contributed by atoms with Gasteiger partial charge in [-0.15, -0.1) is 0 Å². The molecule has 0 aromatic carbocycles. The number of ether oxygens (including phenoxy) is 3. The summed E-state index contributed by atoms with van der Waals surface area (Å²) in [6.07, 6.45) is 6.39. The Labute approximate surface area is 255 Å². The van der Waals surface area contributed by atoms with Crippen LogP contribution in [0.4, 0.5) is 0 Å². The maximum atomic E-state index is 13.9. The van der Waals surface area contributed by atoms with E-state index in [1.165, 1.54) is 7.11 Å². The highest BCUT2D eigenvalue weighted by Crippen LogP contribution is 2.77. The van der Waals surface area contributed by atoms with Crippen LogP contribution in [0.5, 0.6) is 0 Å². The van der Waals surface area contributed by atoms with Crippen molar-refractivity contribution >= 4 is 27.9 Å². The Bertz CT molecular complexity index is 1070. The van der Waals surface area contributed by atoms with E-state index in [2.05, 4.69) is 64.1 Å². The zero-order valence-electron chi connectivity index (χ0n) is 26.4. The number of halogens is 1. The molecule has 1 N–H and O–H groups in total. The van der Waals surface area contributed by atoms with E-state index in [0.29, 0.717) is 13.0 Å². The van der Waals surface area contributed by atoms with Gasteiger partial charge in [0.2, 0.25) is 0 Å². The molecule has 11 atom stereocenters. The van der Waals surface area contributed by atoms with Crippen molar-refractivity contribution in [2.75, 3.05) is 19.0 Å². The third-order valence-corrected chi connectivity index (χ3v) is 14.2. The number of esters is 2. The number of carbonyl (C=O) groups is 2. The number of rotatable bonds is 7. The normalized spacial score (nSPS) is 47.9. The molecule has 5 aliphatic rings. The molecule has 0 radical (unpaired) electrons. The van der Waals surface area contributed by atoms with E-state index < -0.39 is 11.5 Å². The summed E-state index contributed by atoms with van der Waals surface area (Å²) in [5, 5.41) is 13.2. The van der Waals surface area contributed by atoms with Crippen molar-refractivity contribution in [1.82, 2.24) is 0 Å². The summed E-state index contributed by atoms with van der Waals surface area (Å²) >= 11 is 3.46.